The number of carbonyl (C=O) groups is 1. The second kappa shape index (κ2) is 13.4. The van der Waals surface area contributed by atoms with E-state index in [0.29, 0.717) is 25.7 Å². The standard InChI is InChI=1S/C25H40BrN3O3/c1-3-27-25(30)29-13-9-20(10-14-29)5-4-11-28-12-8-21(19-28)17-22-18-23(6-7-24(22)26)32-16-15-31-2/h6-7,18,20-21H,3-5,8-17,19H2,1-2H3,(H,27,30). The van der Waals surface area contributed by atoms with Crippen LogP contribution in [0, 0.1) is 11.8 Å². The molecule has 2 amide bonds. The van der Waals surface area contributed by atoms with Crippen molar-refractivity contribution in [2.24, 2.45) is 11.8 Å². The maximum absolute atomic E-state index is 11.9. The largest absolute Gasteiger partial charge is 0.491 e. The molecule has 0 bridgehead atoms. The van der Waals surface area contributed by atoms with Gasteiger partial charge >= 0.3 is 6.03 Å². The Balaban J connectivity index is 1.34. The number of nitrogens with one attached hydrogen (secondary N) is 1. The molecular weight excluding hydrogens is 470 g/mol. The van der Waals surface area contributed by atoms with Gasteiger partial charge in [-0.2, -0.15) is 0 Å². The van der Waals surface area contributed by atoms with Crippen molar-refractivity contribution in [2.45, 2.75) is 45.4 Å². The minimum atomic E-state index is 0.104. The second-order valence-electron chi connectivity index (χ2n) is 9.16. The first kappa shape index (κ1) is 25.3. The van der Waals surface area contributed by atoms with Crippen LogP contribution in [-0.4, -0.2) is 75.4 Å². The van der Waals surface area contributed by atoms with Gasteiger partial charge in [-0.3, -0.25) is 0 Å². The number of ether oxygens (including phenoxy) is 2. The Morgan fingerprint density at radius 2 is 1.94 bits per heavy atom. The number of nitrogens with zero attached hydrogens (tertiary/aromatic N) is 2. The fraction of sp³-hybridized carbons (Fsp3) is 0.720. The number of piperidine rings is 1. The van der Waals surface area contributed by atoms with Gasteiger partial charge < -0.3 is 24.6 Å². The highest BCUT2D eigenvalue weighted by atomic mass is 79.9. The van der Waals surface area contributed by atoms with E-state index >= 15 is 0 Å². The Labute approximate surface area is 202 Å². The van der Waals surface area contributed by atoms with Crippen LogP contribution in [-0.2, 0) is 11.2 Å². The summed E-state index contributed by atoms with van der Waals surface area (Å²) in [5.74, 6) is 2.41. The zero-order chi connectivity index (χ0) is 22.8. The molecule has 180 valence electrons. The van der Waals surface area contributed by atoms with Crippen LogP contribution in [0.1, 0.15) is 44.6 Å². The fourth-order valence-corrected chi connectivity index (χ4v) is 5.33. The number of rotatable bonds is 11. The molecule has 0 aromatic heterocycles. The van der Waals surface area contributed by atoms with Crippen LogP contribution in [0.25, 0.3) is 0 Å². The van der Waals surface area contributed by atoms with Crippen molar-refractivity contribution in [3.05, 3.63) is 28.2 Å². The molecule has 1 unspecified atom stereocenters. The van der Waals surface area contributed by atoms with Crippen molar-refractivity contribution in [1.82, 2.24) is 15.1 Å². The number of methoxy groups -OCH3 is 1. The quantitative estimate of drug-likeness (QED) is 0.444. The van der Waals surface area contributed by atoms with Gasteiger partial charge in [0.05, 0.1) is 6.61 Å². The zero-order valence-electron chi connectivity index (χ0n) is 19.8. The number of likely N-dealkylation sites (tertiary alicyclic amines) is 2. The number of amides is 2. The summed E-state index contributed by atoms with van der Waals surface area (Å²) in [6.45, 7) is 9.29. The number of carbonyl (C=O) groups excluding carboxylic acids is 1. The molecule has 2 aliphatic rings. The minimum absolute atomic E-state index is 0.104. The topological polar surface area (TPSA) is 54.0 Å². The summed E-state index contributed by atoms with van der Waals surface area (Å²) in [7, 11) is 1.69. The predicted octanol–water partition coefficient (Wildman–Crippen LogP) is 4.56. The first-order valence-electron chi connectivity index (χ1n) is 12.2. The van der Waals surface area contributed by atoms with Crippen molar-refractivity contribution < 1.29 is 14.3 Å². The zero-order valence-corrected chi connectivity index (χ0v) is 21.4. The third-order valence-corrected chi connectivity index (χ3v) is 7.54. The average molecular weight is 511 g/mol. The van der Waals surface area contributed by atoms with Gasteiger partial charge in [0.2, 0.25) is 0 Å². The molecule has 2 aliphatic heterocycles. The van der Waals surface area contributed by atoms with E-state index in [-0.39, 0.29) is 6.03 Å². The molecule has 1 aromatic rings. The number of hydrogen-bond donors (Lipinski definition) is 1. The summed E-state index contributed by atoms with van der Waals surface area (Å²) in [4.78, 5) is 16.6. The summed E-state index contributed by atoms with van der Waals surface area (Å²) >= 11 is 3.72. The van der Waals surface area contributed by atoms with E-state index in [2.05, 4.69) is 38.3 Å². The van der Waals surface area contributed by atoms with Crippen LogP contribution >= 0.6 is 15.9 Å². The van der Waals surface area contributed by atoms with E-state index in [9.17, 15) is 4.79 Å². The van der Waals surface area contributed by atoms with Crippen LogP contribution in [0.2, 0.25) is 0 Å². The molecule has 2 saturated heterocycles. The number of urea groups is 1. The third kappa shape index (κ3) is 7.92. The van der Waals surface area contributed by atoms with Gasteiger partial charge in [-0.05, 0) is 94.1 Å². The SMILES string of the molecule is CCNC(=O)N1CCC(CCCN2CCC(Cc3cc(OCCOC)ccc3Br)C2)CC1. The number of hydrogen-bond acceptors (Lipinski definition) is 4. The molecule has 2 heterocycles. The maximum Gasteiger partial charge on any atom is 0.317 e. The van der Waals surface area contributed by atoms with Crippen molar-refractivity contribution in [3.8, 4) is 5.75 Å². The van der Waals surface area contributed by atoms with Crippen molar-refractivity contribution >= 4 is 22.0 Å². The lowest BCUT2D eigenvalue weighted by Crippen LogP contribution is -2.44. The normalized spacial score (nSPS) is 20.0. The molecule has 0 radical (unpaired) electrons. The molecule has 1 aromatic carbocycles. The predicted molar refractivity (Wildman–Crippen MR) is 132 cm³/mol. The van der Waals surface area contributed by atoms with Crippen molar-refractivity contribution in [2.75, 3.05) is 59.6 Å². The first-order chi connectivity index (χ1) is 15.6. The number of halogens is 1. The van der Waals surface area contributed by atoms with Crippen LogP contribution in [0.4, 0.5) is 4.79 Å². The lowest BCUT2D eigenvalue weighted by atomic mass is 9.92. The van der Waals surface area contributed by atoms with E-state index in [0.717, 1.165) is 44.0 Å². The Morgan fingerprint density at radius 1 is 1.16 bits per heavy atom. The van der Waals surface area contributed by atoms with E-state index in [1.165, 1.54) is 48.9 Å². The molecule has 0 saturated carbocycles. The molecule has 32 heavy (non-hydrogen) atoms. The summed E-state index contributed by atoms with van der Waals surface area (Å²) in [5.41, 5.74) is 1.34. The van der Waals surface area contributed by atoms with Crippen LogP contribution in [0.5, 0.6) is 5.75 Å². The Morgan fingerprint density at radius 3 is 2.69 bits per heavy atom. The molecule has 0 aliphatic carbocycles. The molecule has 1 N–H and O–H groups in total. The fourth-order valence-electron chi connectivity index (χ4n) is 4.93. The Hall–Kier alpha value is -1.31. The highest BCUT2D eigenvalue weighted by molar-refractivity contribution is 9.10. The van der Waals surface area contributed by atoms with Crippen LogP contribution in [0.3, 0.4) is 0 Å². The highest BCUT2D eigenvalue weighted by Gasteiger charge is 2.25. The van der Waals surface area contributed by atoms with Crippen molar-refractivity contribution in [3.63, 3.8) is 0 Å². The van der Waals surface area contributed by atoms with Crippen molar-refractivity contribution in [1.29, 1.82) is 0 Å². The van der Waals surface area contributed by atoms with Gasteiger partial charge in [0.15, 0.2) is 0 Å². The van der Waals surface area contributed by atoms with Gasteiger partial charge in [0, 0.05) is 37.8 Å². The molecule has 6 nitrogen and oxygen atoms in total. The Bertz CT molecular complexity index is 710. The first-order valence-corrected chi connectivity index (χ1v) is 13.0. The van der Waals surface area contributed by atoms with Gasteiger partial charge in [0.25, 0.3) is 0 Å². The van der Waals surface area contributed by atoms with E-state index < -0.39 is 0 Å². The molecule has 0 spiro atoms. The average Bonchev–Trinajstić information content (AvgIpc) is 3.24. The van der Waals surface area contributed by atoms with Gasteiger partial charge in [0.1, 0.15) is 12.4 Å². The molecule has 3 rings (SSSR count). The lowest BCUT2D eigenvalue weighted by molar-refractivity contribution is 0.146. The van der Waals surface area contributed by atoms with E-state index in [1.54, 1.807) is 7.11 Å². The summed E-state index contributed by atoms with van der Waals surface area (Å²) < 4.78 is 12.0. The van der Waals surface area contributed by atoms with E-state index in [4.69, 9.17) is 9.47 Å². The molecule has 2 fully saturated rings. The highest BCUT2D eigenvalue weighted by Crippen LogP contribution is 2.29. The number of benzene rings is 1. The minimum Gasteiger partial charge on any atom is -0.491 e. The third-order valence-electron chi connectivity index (χ3n) is 6.77. The van der Waals surface area contributed by atoms with Gasteiger partial charge in [-0.1, -0.05) is 15.9 Å². The molecular formula is C25H40BrN3O3. The van der Waals surface area contributed by atoms with E-state index in [1.807, 2.05) is 17.9 Å². The monoisotopic (exact) mass is 509 g/mol. The van der Waals surface area contributed by atoms with Crippen LogP contribution in [0.15, 0.2) is 22.7 Å². The van der Waals surface area contributed by atoms with Crippen LogP contribution < -0.4 is 10.1 Å². The summed E-state index contributed by atoms with van der Waals surface area (Å²) in [6, 6.07) is 6.40. The molecule has 1 atom stereocenters. The van der Waals surface area contributed by atoms with Gasteiger partial charge in [-0.25, -0.2) is 4.79 Å². The lowest BCUT2D eigenvalue weighted by Gasteiger charge is -2.32. The second-order valence-corrected chi connectivity index (χ2v) is 10.0. The Kier molecular flexibility index (Phi) is 10.6. The summed E-state index contributed by atoms with van der Waals surface area (Å²) in [5, 5.41) is 2.91. The maximum atomic E-state index is 11.9. The smallest absolute Gasteiger partial charge is 0.317 e. The van der Waals surface area contributed by atoms with Gasteiger partial charge in [-0.15, -0.1) is 0 Å². The molecule has 7 heteroatoms. The summed E-state index contributed by atoms with van der Waals surface area (Å²) in [6.07, 6.45) is 7.22.